The highest BCUT2D eigenvalue weighted by Gasteiger charge is 2.37. The molecule has 4 heteroatoms. The Hall–Kier alpha value is -2.62. The van der Waals surface area contributed by atoms with E-state index in [0.29, 0.717) is 13.1 Å². The number of para-hydroxylation sites is 2. The summed E-state index contributed by atoms with van der Waals surface area (Å²) in [5.41, 5.74) is 2.96. The smallest absolute Gasteiger partial charge is 0.232 e. The highest BCUT2D eigenvalue weighted by atomic mass is 16.2. The van der Waals surface area contributed by atoms with E-state index in [2.05, 4.69) is 6.92 Å². The van der Waals surface area contributed by atoms with Crippen LogP contribution in [0.25, 0.3) is 0 Å². The Morgan fingerprint density at radius 3 is 2.44 bits per heavy atom. The van der Waals surface area contributed by atoms with Gasteiger partial charge in [-0.25, -0.2) is 0 Å². The van der Waals surface area contributed by atoms with E-state index in [1.54, 1.807) is 9.80 Å². The molecule has 0 bridgehead atoms. The van der Waals surface area contributed by atoms with Crippen LogP contribution in [0.5, 0.6) is 0 Å². The summed E-state index contributed by atoms with van der Waals surface area (Å²) in [6, 6.07) is 17.6. The third kappa shape index (κ3) is 3.43. The zero-order valence-corrected chi connectivity index (χ0v) is 14.8. The molecule has 0 aliphatic carbocycles. The van der Waals surface area contributed by atoms with Crippen LogP contribution in [0.3, 0.4) is 0 Å². The van der Waals surface area contributed by atoms with E-state index in [0.717, 1.165) is 23.4 Å². The average molecular weight is 336 g/mol. The Labute approximate surface area is 149 Å². The summed E-state index contributed by atoms with van der Waals surface area (Å²) in [6.07, 6.45) is 1.14. The van der Waals surface area contributed by atoms with Gasteiger partial charge in [0.2, 0.25) is 11.8 Å². The van der Waals surface area contributed by atoms with Gasteiger partial charge in [-0.05, 0) is 37.1 Å². The van der Waals surface area contributed by atoms with Crippen molar-refractivity contribution in [3.8, 4) is 0 Å². The van der Waals surface area contributed by atoms with Crippen molar-refractivity contribution in [1.82, 2.24) is 0 Å². The van der Waals surface area contributed by atoms with Crippen LogP contribution in [0, 0.1) is 5.92 Å². The number of anilines is 2. The first-order valence-corrected chi connectivity index (χ1v) is 8.90. The molecule has 0 saturated carbocycles. The predicted molar refractivity (Wildman–Crippen MR) is 101 cm³/mol. The molecule has 25 heavy (non-hydrogen) atoms. The number of benzene rings is 2. The van der Waals surface area contributed by atoms with Crippen LogP contribution >= 0.6 is 0 Å². The highest BCUT2D eigenvalue weighted by Crippen LogP contribution is 2.30. The number of hydrogen-bond acceptors (Lipinski definition) is 2. The monoisotopic (exact) mass is 336 g/mol. The van der Waals surface area contributed by atoms with Gasteiger partial charge in [0.15, 0.2) is 0 Å². The third-order valence-electron chi connectivity index (χ3n) is 4.79. The van der Waals surface area contributed by atoms with Crippen molar-refractivity contribution in [2.24, 2.45) is 5.92 Å². The highest BCUT2D eigenvalue weighted by molar-refractivity contribution is 6.04. The Bertz CT molecular complexity index is 758. The molecule has 0 radical (unpaired) electrons. The average Bonchev–Trinajstić information content (AvgIpc) is 3.04. The molecule has 2 aromatic carbocycles. The number of carbonyl (C=O) groups excluding carboxylic acids is 2. The number of carbonyl (C=O) groups is 2. The molecule has 1 aliphatic heterocycles. The molecule has 0 aromatic heterocycles. The van der Waals surface area contributed by atoms with E-state index < -0.39 is 0 Å². The Morgan fingerprint density at radius 1 is 1.08 bits per heavy atom. The van der Waals surface area contributed by atoms with Crippen LogP contribution in [-0.4, -0.2) is 24.9 Å². The second-order valence-electron chi connectivity index (χ2n) is 6.31. The molecule has 130 valence electrons. The molecule has 1 heterocycles. The summed E-state index contributed by atoms with van der Waals surface area (Å²) < 4.78 is 0. The maximum absolute atomic E-state index is 13.0. The lowest BCUT2D eigenvalue weighted by molar-refractivity contribution is -0.124. The topological polar surface area (TPSA) is 40.6 Å². The lowest BCUT2D eigenvalue weighted by Gasteiger charge is -2.25. The fourth-order valence-electron chi connectivity index (χ4n) is 3.47. The molecule has 1 fully saturated rings. The minimum Gasteiger partial charge on any atom is -0.312 e. The van der Waals surface area contributed by atoms with Crippen LogP contribution in [-0.2, 0) is 16.0 Å². The number of nitrogens with zero attached hydrogens (tertiary/aromatic N) is 2. The lowest BCUT2D eigenvalue weighted by atomic mass is 10.1. The van der Waals surface area contributed by atoms with Gasteiger partial charge in [-0.1, -0.05) is 43.3 Å². The van der Waals surface area contributed by atoms with Gasteiger partial charge in [0.1, 0.15) is 0 Å². The molecule has 4 nitrogen and oxygen atoms in total. The molecule has 1 unspecified atom stereocenters. The maximum Gasteiger partial charge on any atom is 0.232 e. The Morgan fingerprint density at radius 2 is 1.76 bits per heavy atom. The van der Waals surface area contributed by atoms with Crippen LogP contribution in [0.15, 0.2) is 54.6 Å². The van der Waals surface area contributed by atoms with E-state index >= 15 is 0 Å². The van der Waals surface area contributed by atoms with E-state index in [9.17, 15) is 9.59 Å². The van der Waals surface area contributed by atoms with Crippen molar-refractivity contribution in [1.29, 1.82) is 0 Å². The minimum absolute atomic E-state index is 0.0264. The van der Waals surface area contributed by atoms with E-state index in [-0.39, 0.29) is 24.2 Å². The van der Waals surface area contributed by atoms with Crippen molar-refractivity contribution in [2.75, 3.05) is 22.9 Å². The van der Waals surface area contributed by atoms with Gasteiger partial charge >= 0.3 is 0 Å². The van der Waals surface area contributed by atoms with Crippen molar-refractivity contribution >= 4 is 23.2 Å². The second kappa shape index (κ2) is 7.51. The molecule has 0 N–H and O–H groups in total. The second-order valence-corrected chi connectivity index (χ2v) is 6.31. The van der Waals surface area contributed by atoms with Gasteiger partial charge < -0.3 is 9.80 Å². The number of aryl methyl sites for hydroxylation is 1. The van der Waals surface area contributed by atoms with Crippen LogP contribution in [0.2, 0.25) is 0 Å². The van der Waals surface area contributed by atoms with Gasteiger partial charge in [-0.3, -0.25) is 9.59 Å². The van der Waals surface area contributed by atoms with Crippen molar-refractivity contribution in [3.63, 3.8) is 0 Å². The number of rotatable bonds is 5. The lowest BCUT2D eigenvalue weighted by Crippen LogP contribution is -2.37. The minimum atomic E-state index is -0.294. The normalized spacial score (nSPS) is 17.0. The Kier molecular flexibility index (Phi) is 5.17. The van der Waals surface area contributed by atoms with E-state index in [4.69, 9.17) is 0 Å². The number of hydrogen-bond donors (Lipinski definition) is 0. The molecule has 1 saturated heterocycles. The summed E-state index contributed by atoms with van der Waals surface area (Å²) in [5, 5.41) is 0. The summed E-state index contributed by atoms with van der Waals surface area (Å²) in [7, 11) is 0. The van der Waals surface area contributed by atoms with E-state index in [1.165, 1.54) is 0 Å². The van der Waals surface area contributed by atoms with Crippen molar-refractivity contribution < 1.29 is 9.59 Å². The fourth-order valence-corrected chi connectivity index (χ4v) is 3.47. The van der Waals surface area contributed by atoms with Gasteiger partial charge in [0.05, 0.1) is 5.92 Å². The standard InChI is InChI=1S/C21H24N2O2/c1-3-16-10-8-9-13-19(16)23-15-17(14-20(23)24)21(25)22(4-2)18-11-6-5-7-12-18/h5-13,17H,3-4,14-15H2,1-2H3. The fraction of sp³-hybridized carbons (Fsp3) is 0.333. The Balaban J connectivity index is 1.81. The first-order valence-electron chi connectivity index (χ1n) is 8.90. The molecule has 0 spiro atoms. The third-order valence-corrected chi connectivity index (χ3v) is 4.79. The largest absolute Gasteiger partial charge is 0.312 e. The van der Waals surface area contributed by atoms with Gasteiger partial charge in [-0.15, -0.1) is 0 Å². The van der Waals surface area contributed by atoms with Crippen LogP contribution in [0.1, 0.15) is 25.8 Å². The summed E-state index contributed by atoms with van der Waals surface area (Å²) in [4.78, 5) is 29.1. The molecule has 1 aliphatic rings. The molecular weight excluding hydrogens is 312 g/mol. The zero-order chi connectivity index (χ0) is 17.8. The number of amides is 2. The molecule has 1 atom stereocenters. The molecule has 3 rings (SSSR count). The van der Waals surface area contributed by atoms with Crippen LogP contribution < -0.4 is 9.80 Å². The molecule has 2 aromatic rings. The van der Waals surface area contributed by atoms with Crippen molar-refractivity contribution in [3.05, 3.63) is 60.2 Å². The predicted octanol–water partition coefficient (Wildman–Crippen LogP) is 3.66. The van der Waals surface area contributed by atoms with Gasteiger partial charge in [-0.2, -0.15) is 0 Å². The zero-order valence-electron chi connectivity index (χ0n) is 14.8. The quantitative estimate of drug-likeness (QED) is 0.836. The molecular formula is C21H24N2O2. The summed E-state index contributed by atoms with van der Waals surface area (Å²) in [6.45, 7) is 5.10. The summed E-state index contributed by atoms with van der Waals surface area (Å²) in [5.74, 6) is -0.237. The maximum atomic E-state index is 13.0. The molecule has 2 amide bonds. The SMILES string of the molecule is CCc1ccccc1N1CC(C(=O)N(CC)c2ccccc2)CC1=O. The van der Waals surface area contributed by atoms with E-state index in [1.807, 2.05) is 61.5 Å². The first kappa shape index (κ1) is 17.2. The van der Waals surface area contributed by atoms with Crippen molar-refractivity contribution in [2.45, 2.75) is 26.7 Å². The van der Waals surface area contributed by atoms with Crippen LogP contribution in [0.4, 0.5) is 11.4 Å². The summed E-state index contributed by atoms with van der Waals surface area (Å²) >= 11 is 0. The van der Waals surface area contributed by atoms with Gasteiger partial charge in [0.25, 0.3) is 0 Å². The van der Waals surface area contributed by atoms with Gasteiger partial charge in [0, 0.05) is 30.9 Å². The first-order chi connectivity index (χ1) is 12.2.